The Morgan fingerprint density at radius 2 is 1.21 bits per heavy atom. The minimum Gasteiger partial charge on any atom is -0.756 e. The molecule has 2 atom stereocenters. The topological polar surface area (TPSA) is 105 Å². The molecule has 9 nitrogen and oxygen atoms in total. The van der Waals surface area contributed by atoms with Gasteiger partial charge in [-0.25, -0.2) is 0 Å². The zero-order valence-corrected chi connectivity index (χ0v) is 30.4. The Balaban J connectivity index is 1.33. The van der Waals surface area contributed by atoms with Gasteiger partial charge in [0.15, 0.2) is 0 Å². The number of phosphoric acid groups is 1. The van der Waals surface area contributed by atoms with Crippen molar-refractivity contribution >= 4 is 19.6 Å². The van der Waals surface area contributed by atoms with Crippen LogP contribution in [-0.4, -0.2) is 80.3 Å². The molecule has 0 N–H and O–H groups in total. The predicted molar refractivity (Wildman–Crippen MR) is 185 cm³/mol. The van der Waals surface area contributed by atoms with Gasteiger partial charge in [-0.1, -0.05) is 115 Å². The van der Waals surface area contributed by atoms with Gasteiger partial charge >= 0.3 is 0 Å². The second-order valence-corrected chi connectivity index (χ2v) is 15.4. The summed E-state index contributed by atoms with van der Waals surface area (Å²) in [5.74, 6) is -0.927. The van der Waals surface area contributed by atoms with E-state index in [1.54, 1.807) is 24.3 Å². The maximum atomic E-state index is 13.2. The molecule has 2 aliphatic heterocycles. The number of hydrogen-bond acceptors (Lipinski definition) is 7. The fraction of sp³-hybridized carbons (Fsp3) is 0.784. The molecule has 1 saturated heterocycles. The molecule has 0 spiro atoms. The first-order valence-corrected chi connectivity index (χ1v) is 20.2. The molecule has 1 fully saturated rings. The van der Waals surface area contributed by atoms with Crippen LogP contribution < -0.4 is 4.89 Å². The van der Waals surface area contributed by atoms with Crippen molar-refractivity contribution < 1.29 is 37.3 Å². The third-order valence-corrected chi connectivity index (χ3v) is 10.8. The molecular weight excluding hydrogens is 615 g/mol. The normalized spacial score (nSPS) is 18.0. The van der Waals surface area contributed by atoms with Crippen LogP contribution >= 0.6 is 7.82 Å². The highest BCUT2D eigenvalue weighted by Gasteiger charge is 2.40. The number of quaternary nitrogens is 1. The Morgan fingerprint density at radius 3 is 1.72 bits per heavy atom. The van der Waals surface area contributed by atoms with Crippen LogP contribution in [0.4, 0.5) is 0 Å². The fourth-order valence-electron chi connectivity index (χ4n) is 6.80. The van der Waals surface area contributed by atoms with Gasteiger partial charge in [0.25, 0.3) is 19.6 Å². The largest absolute Gasteiger partial charge is 0.756 e. The number of hydrogen-bond donors (Lipinski definition) is 0. The fourth-order valence-corrected chi connectivity index (χ4v) is 7.53. The number of likely N-dealkylation sites (tertiary alicyclic amines) is 1. The maximum Gasteiger partial charge on any atom is 0.268 e. The smallest absolute Gasteiger partial charge is 0.268 e. The number of ether oxygens (including phenoxy) is 1. The summed E-state index contributed by atoms with van der Waals surface area (Å²) in [6.07, 6.45) is 24.1. The third kappa shape index (κ3) is 14.8. The molecule has 0 aromatic heterocycles. The van der Waals surface area contributed by atoms with Gasteiger partial charge in [0.1, 0.15) is 13.2 Å². The molecule has 1 aromatic carbocycles. The molecule has 0 saturated carbocycles. The first-order valence-electron chi connectivity index (χ1n) is 18.7. The van der Waals surface area contributed by atoms with E-state index in [9.17, 15) is 19.0 Å². The van der Waals surface area contributed by atoms with Crippen molar-refractivity contribution in [3.8, 4) is 0 Å². The molecule has 268 valence electrons. The number of likely N-dealkylation sites (N-methyl/N-ethyl adjacent to an activating group) is 1. The summed E-state index contributed by atoms with van der Waals surface area (Å²) in [5, 5.41) is 0. The molecule has 0 aliphatic carbocycles. The predicted octanol–water partition coefficient (Wildman–Crippen LogP) is 8.06. The van der Waals surface area contributed by atoms with Gasteiger partial charge in [0, 0.05) is 6.61 Å². The van der Waals surface area contributed by atoms with E-state index in [0.717, 1.165) is 54.6 Å². The molecule has 0 radical (unpaired) electrons. The van der Waals surface area contributed by atoms with E-state index in [0.29, 0.717) is 24.3 Å². The molecule has 0 bridgehead atoms. The summed E-state index contributed by atoms with van der Waals surface area (Å²) in [4.78, 5) is 40.1. The first kappa shape index (κ1) is 39.8. The third-order valence-electron chi connectivity index (χ3n) is 9.84. The van der Waals surface area contributed by atoms with E-state index in [-0.39, 0.29) is 13.2 Å². The van der Waals surface area contributed by atoms with Crippen molar-refractivity contribution in [3.05, 3.63) is 35.4 Å². The Morgan fingerprint density at radius 1 is 0.723 bits per heavy atom. The van der Waals surface area contributed by atoms with E-state index >= 15 is 0 Å². The van der Waals surface area contributed by atoms with Crippen LogP contribution in [0.25, 0.3) is 0 Å². The number of carbonyl (C=O) groups excluding carboxylic acids is 2. The highest BCUT2D eigenvalue weighted by atomic mass is 31.2. The van der Waals surface area contributed by atoms with Gasteiger partial charge in [0.2, 0.25) is 0 Å². The molecule has 2 amide bonds. The number of unbranched alkanes of at least 4 members (excludes halogenated alkanes) is 15. The van der Waals surface area contributed by atoms with Crippen LogP contribution in [0.2, 0.25) is 0 Å². The van der Waals surface area contributed by atoms with Gasteiger partial charge in [0.05, 0.1) is 50.5 Å². The standard InChI is InChI=1S/C37H63N2O7P/c1-3-4-5-6-7-8-9-10-11-12-13-14-15-16-17-23-29-44-31-33(38-36(40)34-24-19-20-25-35(34)37(38)41)32-46-47(42,43)45-30-28-39(2)26-21-18-22-27-39/h19-20,24-25,33H,3-18,21-23,26-32H2,1-2H3. The number of piperidine rings is 1. The van der Waals surface area contributed by atoms with Crippen molar-refractivity contribution in [2.45, 2.75) is 135 Å². The number of imide groups is 1. The summed E-state index contributed by atoms with van der Waals surface area (Å²) in [6.45, 7) is 4.96. The molecule has 3 rings (SSSR count). The molecular formula is C37H63N2O7P. The maximum absolute atomic E-state index is 13.2. The quantitative estimate of drug-likeness (QED) is 0.0401. The van der Waals surface area contributed by atoms with E-state index < -0.39 is 32.3 Å². The van der Waals surface area contributed by atoms with Crippen molar-refractivity contribution in [1.82, 2.24) is 4.90 Å². The molecule has 2 unspecified atom stereocenters. The van der Waals surface area contributed by atoms with Crippen LogP contribution in [0.5, 0.6) is 0 Å². The van der Waals surface area contributed by atoms with Gasteiger partial charge in [-0.2, -0.15) is 0 Å². The van der Waals surface area contributed by atoms with E-state index in [1.165, 1.54) is 89.9 Å². The van der Waals surface area contributed by atoms with Crippen LogP contribution in [0.1, 0.15) is 150 Å². The Kier molecular flexibility index (Phi) is 18.8. The van der Waals surface area contributed by atoms with Gasteiger partial charge in [-0.05, 0) is 37.8 Å². The number of amides is 2. The number of carbonyl (C=O) groups is 2. The Bertz CT molecular complexity index is 1060. The molecule has 10 heteroatoms. The average molecular weight is 679 g/mol. The monoisotopic (exact) mass is 678 g/mol. The zero-order valence-electron chi connectivity index (χ0n) is 29.5. The first-order chi connectivity index (χ1) is 22.8. The highest BCUT2D eigenvalue weighted by molar-refractivity contribution is 7.45. The number of nitrogens with zero attached hydrogens (tertiary/aromatic N) is 2. The number of rotatable bonds is 27. The lowest BCUT2D eigenvalue weighted by atomic mass is 10.0. The van der Waals surface area contributed by atoms with Crippen molar-refractivity contribution in [3.63, 3.8) is 0 Å². The second-order valence-electron chi connectivity index (χ2n) is 14.0. The number of fused-ring (bicyclic) bond motifs is 1. The lowest BCUT2D eigenvalue weighted by molar-refractivity contribution is -0.914. The van der Waals surface area contributed by atoms with Crippen LogP contribution in [0.3, 0.4) is 0 Å². The van der Waals surface area contributed by atoms with Crippen molar-refractivity contribution in [2.75, 3.05) is 53.1 Å². The van der Waals surface area contributed by atoms with Crippen LogP contribution in [0.15, 0.2) is 24.3 Å². The SMILES string of the molecule is CCCCCCCCCCCCCCCCCCOCC(COP(=O)([O-])OCC[N+]1(C)CCCCC1)N1C(=O)c2ccccc2C1=O. The van der Waals surface area contributed by atoms with Crippen molar-refractivity contribution in [2.24, 2.45) is 0 Å². The van der Waals surface area contributed by atoms with Gasteiger partial charge in [-0.15, -0.1) is 0 Å². The lowest BCUT2D eigenvalue weighted by Crippen LogP contribution is -2.49. The summed E-state index contributed by atoms with van der Waals surface area (Å²) < 4.78 is 29.8. The molecule has 2 heterocycles. The zero-order chi connectivity index (χ0) is 33.8. The van der Waals surface area contributed by atoms with Crippen LogP contribution in [0, 0.1) is 0 Å². The Labute approximate surface area is 284 Å². The van der Waals surface area contributed by atoms with E-state index in [1.807, 2.05) is 0 Å². The minimum atomic E-state index is -4.64. The van der Waals surface area contributed by atoms with Gasteiger partial charge in [-0.3, -0.25) is 19.1 Å². The van der Waals surface area contributed by atoms with Gasteiger partial charge < -0.3 is 23.2 Å². The lowest BCUT2D eigenvalue weighted by Gasteiger charge is -2.38. The minimum absolute atomic E-state index is 0.000825. The average Bonchev–Trinajstić information content (AvgIpc) is 3.31. The molecule has 2 aliphatic rings. The summed E-state index contributed by atoms with van der Waals surface area (Å²) in [7, 11) is -2.52. The van der Waals surface area contributed by atoms with E-state index in [2.05, 4.69) is 14.0 Å². The summed E-state index contributed by atoms with van der Waals surface area (Å²) in [6, 6.07) is 5.74. The molecule has 1 aromatic rings. The van der Waals surface area contributed by atoms with Crippen LogP contribution in [-0.2, 0) is 18.3 Å². The molecule has 47 heavy (non-hydrogen) atoms. The summed E-state index contributed by atoms with van der Waals surface area (Å²) in [5.41, 5.74) is 0.612. The highest BCUT2D eigenvalue weighted by Crippen LogP contribution is 2.39. The number of benzene rings is 1. The second kappa shape index (κ2) is 22.2. The van der Waals surface area contributed by atoms with Crippen molar-refractivity contribution in [1.29, 1.82) is 0 Å². The van der Waals surface area contributed by atoms with E-state index in [4.69, 9.17) is 13.8 Å². The summed E-state index contributed by atoms with van der Waals surface area (Å²) >= 11 is 0. The Hall–Kier alpha value is -1.61. The number of phosphoric ester groups is 1.